The third kappa shape index (κ3) is 13.2. The third-order valence-corrected chi connectivity index (χ3v) is 21.9. The molecule has 91 heavy (non-hydrogen) atoms. The fourth-order valence-electron chi connectivity index (χ4n) is 16.5. The van der Waals surface area contributed by atoms with Crippen molar-refractivity contribution in [2.24, 2.45) is 52.1 Å². The number of alkyl carbamates (subject to hydrolysis) is 1. The Hall–Kier alpha value is -6.79. The van der Waals surface area contributed by atoms with Gasteiger partial charge in [-0.2, -0.15) is 0 Å². The molecule has 8 fully saturated rings. The standard InChI is InChI=1S/C67H91ClN8O15/c1-12-65-33-64(34-77,32-62(65,7)53-51-52(53)54(51)65)90-38(6)17-13-14-19-49(78)73-56(35(2)3)57(80)74-66(30-40(66)22-23-70-59(69)82)58(81)71-41-20-21-43(37(5)25-41)72-60(83)89-47-29-50(79)76(9)44-26-39(27-45(86-10)55(44)68)24-36(4)16-15-18-46(87-11)67(85)31-42(88-61(84)75-67)28-48-63(47,8)91-48/h15-16,18,20-21,25-27,34-35,38,40,42,46-48,51-54,56,85H,12-14,17,19,22-24,28-33H2,1-11H3,(H,71,81)(H,72,83)(H,73,78)(H,74,80)(H,75,84)(H3,69,70,82)/b18-15+,36-16+/t38?,40?,42-,46-,47+,48+,51?,52?,53?,54?,56+,62?,63+,64?,65?,66?,67+/m1/s1. The molecule has 2 aromatic carbocycles. The van der Waals surface area contributed by atoms with Crippen LogP contribution in [0, 0.1) is 53.3 Å². The number of aliphatic hydroxyl groups is 1. The number of ether oxygens (including phenoxy) is 6. The molecule has 0 spiro atoms. The molecule has 8 amide bonds. The maximum Gasteiger partial charge on any atom is 0.412 e. The fraction of sp³-hybridized carbons (Fsp3) is 0.642. The highest BCUT2D eigenvalue weighted by molar-refractivity contribution is 6.35. The zero-order valence-corrected chi connectivity index (χ0v) is 54.8. The summed E-state index contributed by atoms with van der Waals surface area (Å²) in [5.41, 5.74) is 3.44. The molecule has 0 radical (unpaired) electrons. The van der Waals surface area contributed by atoms with E-state index in [0.717, 1.165) is 60.4 Å². The van der Waals surface area contributed by atoms with Gasteiger partial charge in [0.15, 0.2) is 12.0 Å². The van der Waals surface area contributed by atoms with E-state index in [1.165, 1.54) is 19.1 Å². The Kier molecular flexibility index (Phi) is 18.9. The van der Waals surface area contributed by atoms with Crippen molar-refractivity contribution < 1.29 is 71.9 Å². The Balaban J connectivity index is 0.777. The minimum absolute atomic E-state index is 0.0578. The molecule has 11 rings (SSSR count). The Bertz CT molecular complexity index is 3280. The number of nitrogens with two attached hydrogens (primary N) is 1. The van der Waals surface area contributed by atoms with Crippen LogP contribution < -0.4 is 47.3 Å². The number of hydrogen-bond donors (Lipinski definition) is 8. The summed E-state index contributed by atoms with van der Waals surface area (Å²) in [5, 5.41) is 28.6. The number of unbranched alkanes of at least 4 members (excludes halogenated alkanes) is 1. The lowest BCUT2D eigenvalue weighted by molar-refractivity contribution is -0.141. The largest absolute Gasteiger partial charge is 0.495 e. The Morgan fingerprint density at radius 1 is 1.00 bits per heavy atom. The van der Waals surface area contributed by atoms with Gasteiger partial charge in [-0.1, -0.05) is 69.5 Å². The van der Waals surface area contributed by atoms with Gasteiger partial charge < -0.3 is 70.2 Å². The van der Waals surface area contributed by atoms with Crippen molar-refractivity contribution in [1.29, 1.82) is 0 Å². The van der Waals surface area contributed by atoms with Crippen LogP contribution in [0.4, 0.5) is 31.4 Å². The van der Waals surface area contributed by atoms with Crippen molar-refractivity contribution in [1.82, 2.24) is 21.3 Å². The van der Waals surface area contributed by atoms with Crippen LogP contribution in [0.15, 0.2) is 54.1 Å². The number of rotatable bonds is 22. The van der Waals surface area contributed by atoms with Gasteiger partial charge in [-0.05, 0) is 167 Å². The molecule has 2 saturated heterocycles. The number of aldehydes is 1. The zero-order chi connectivity index (χ0) is 65.9. The number of nitrogens with zero attached hydrogens (tertiary/aromatic N) is 1. The molecule has 8 unspecified atom stereocenters. The van der Waals surface area contributed by atoms with E-state index in [0.29, 0.717) is 60.5 Å². The summed E-state index contributed by atoms with van der Waals surface area (Å²) in [6, 6.07) is 6.56. The summed E-state index contributed by atoms with van der Waals surface area (Å²) in [4.78, 5) is 110. The van der Waals surface area contributed by atoms with Crippen LogP contribution in [0.25, 0.3) is 0 Å². The van der Waals surface area contributed by atoms with Crippen molar-refractivity contribution in [2.75, 3.05) is 43.3 Å². The van der Waals surface area contributed by atoms with Crippen molar-refractivity contribution in [3.8, 4) is 5.75 Å². The average molecular weight is 1280 g/mol. The topological polar surface area (TPSA) is 317 Å². The number of urea groups is 1. The second-order valence-electron chi connectivity index (χ2n) is 27.9. The minimum Gasteiger partial charge on any atom is -0.495 e. The van der Waals surface area contributed by atoms with Gasteiger partial charge in [0.2, 0.25) is 23.6 Å². The van der Waals surface area contributed by atoms with E-state index >= 15 is 0 Å². The van der Waals surface area contributed by atoms with Gasteiger partial charge in [0.25, 0.3) is 0 Å². The molecule has 3 aliphatic heterocycles. The molecule has 0 aromatic heterocycles. The van der Waals surface area contributed by atoms with Crippen LogP contribution in [0.2, 0.25) is 5.02 Å². The van der Waals surface area contributed by atoms with Gasteiger partial charge in [0.1, 0.15) is 51.9 Å². The first-order valence-corrected chi connectivity index (χ1v) is 32.5. The highest BCUT2D eigenvalue weighted by Crippen LogP contribution is 2.97. The Labute approximate surface area is 537 Å². The Morgan fingerprint density at radius 3 is 2.41 bits per heavy atom. The second kappa shape index (κ2) is 25.6. The molecule has 23 nitrogen and oxygen atoms in total. The number of methoxy groups -OCH3 is 2. The van der Waals surface area contributed by atoms with Crippen LogP contribution in [-0.2, 0) is 54.1 Å². The van der Waals surface area contributed by atoms with E-state index in [4.69, 9.17) is 45.8 Å². The third-order valence-electron chi connectivity index (χ3n) is 21.5. The number of anilines is 3. The van der Waals surface area contributed by atoms with Gasteiger partial charge in [-0.15, -0.1) is 0 Å². The van der Waals surface area contributed by atoms with E-state index in [2.05, 4.69) is 45.7 Å². The molecular weight excluding hydrogens is 1190 g/mol. The van der Waals surface area contributed by atoms with Crippen LogP contribution in [-0.4, -0.2) is 140 Å². The first-order chi connectivity index (χ1) is 43.0. The quantitative estimate of drug-likeness (QED) is 0.0314. The number of carbonyl (C=O) groups is 8. The number of epoxide rings is 1. The molecule has 9 aliphatic rings. The number of halogens is 1. The fourth-order valence-corrected chi connectivity index (χ4v) is 16.9. The van der Waals surface area contributed by atoms with Crippen molar-refractivity contribution in [3.05, 3.63) is 70.3 Å². The molecular formula is C67H91ClN8O15. The normalized spacial score (nSPS) is 35.6. The summed E-state index contributed by atoms with van der Waals surface area (Å²) in [7, 11) is 4.43. The van der Waals surface area contributed by atoms with E-state index in [-0.39, 0.29) is 66.0 Å². The van der Waals surface area contributed by atoms with Crippen molar-refractivity contribution in [2.45, 2.75) is 198 Å². The summed E-state index contributed by atoms with van der Waals surface area (Å²) < 4.78 is 35.9. The molecule has 6 saturated carbocycles. The second-order valence-corrected chi connectivity index (χ2v) is 28.3. The van der Waals surface area contributed by atoms with Crippen molar-refractivity contribution >= 4 is 76.8 Å². The van der Waals surface area contributed by atoms with Gasteiger partial charge in [-0.3, -0.25) is 29.8 Å². The predicted molar refractivity (Wildman–Crippen MR) is 338 cm³/mol. The molecule has 24 heteroatoms. The van der Waals surface area contributed by atoms with Crippen LogP contribution in [0.5, 0.6) is 5.75 Å². The number of hydrogen-bond acceptors (Lipinski definition) is 15. The molecule has 3 heterocycles. The first-order valence-electron chi connectivity index (χ1n) is 32.1. The zero-order valence-electron chi connectivity index (χ0n) is 54.1. The SMILES string of the molecule is CCC12CC(C=O)(OC(C)CCCCC(=O)N[C@H](C(=O)NC3(C(=O)Nc4ccc(NC(=O)O[C@H]5CC(=O)N(C)c6cc(cc(OC)c6Cl)C/C(C)=C/C=C/[C@@H](OC)[C@@]6(O)C[C@@H](C[C@@H]7O[C@@]57C)OC(=O)N6)c(C)c4)CC3CCNC(N)=O)C(C)C)CC1(C)C1C3C1C32. The maximum absolute atomic E-state index is 14.5. The van der Waals surface area contributed by atoms with Gasteiger partial charge >= 0.3 is 18.2 Å². The van der Waals surface area contributed by atoms with E-state index in [1.807, 2.05) is 19.9 Å². The maximum atomic E-state index is 14.5. The molecule has 6 bridgehead atoms. The first kappa shape index (κ1) is 67.1. The van der Waals surface area contributed by atoms with Crippen LogP contribution in [0.1, 0.15) is 137 Å². The number of allylic oxidation sites excluding steroid dienone is 3. The molecule has 496 valence electrons. The Morgan fingerprint density at radius 2 is 1.75 bits per heavy atom. The molecule has 6 aliphatic carbocycles. The number of benzene rings is 2. The summed E-state index contributed by atoms with van der Waals surface area (Å²) in [5.74, 6) is 0.890. The van der Waals surface area contributed by atoms with E-state index in [1.54, 1.807) is 77.2 Å². The number of nitrogens with one attached hydrogen (secondary N) is 6. The lowest BCUT2D eigenvalue weighted by Crippen LogP contribution is -2.62. The number of carbonyl (C=O) groups excluding carboxylic acids is 8. The number of aryl methyl sites for hydroxylation is 1. The molecule has 9 N–H and O–H groups in total. The van der Waals surface area contributed by atoms with Crippen LogP contribution in [0.3, 0.4) is 0 Å². The number of primary amides is 1. The average Bonchev–Trinajstić information content (AvgIpc) is 1.41. The predicted octanol–water partition coefficient (Wildman–Crippen LogP) is 8.05. The van der Waals surface area contributed by atoms with Crippen molar-refractivity contribution in [3.63, 3.8) is 0 Å². The van der Waals surface area contributed by atoms with E-state index < -0.39 is 101 Å². The number of amides is 8. The van der Waals surface area contributed by atoms with Crippen LogP contribution >= 0.6 is 11.6 Å². The van der Waals surface area contributed by atoms with E-state index in [9.17, 15) is 43.5 Å². The summed E-state index contributed by atoms with van der Waals surface area (Å²) in [6.07, 6.45) is 5.63. The summed E-state index contributed by atoms with van der Waals surface area (Å²) >= 11 is 6.86. The lowest BCUT2D eigenvalue weighted by Gasteiger charge is -2.40. The lowest BCUT2D eigenvalue weighted by atomic mass is 9.68. The molecule has 2 aromatic rings. The monoisotopic (exact) mass is 1280 g/mol. The highest BCUT2D eigenvalue weighted by atomic mass is 35.5. The summed E-state index contributed by atoms with van der Waals surface area (Å²) in [6.45, 7) is 15.7. The van der Waals surface area contributed by atoms with Gasteiger partial charge in [0, 0.05) is 51.3 Å². The van der Waals surface area contributed by atoms with Gasteiger partial charge in [0.05, 0.1) is 31.4 Å². The van der Waals surface area contributed by atoms with Gasteiger partial charge in [-0.25, -0.2) is 14.4 Å². The smallest absolute Gasteiger partial charge is 0.412 e. The minimum atomic E-state index is -1.88. The number of fused-ring (bicyclic) bond motifs is 5. The highest BCUT2D eigenvalue weighted by Gasteiger charge is 2.94. The molecule has 15 atom stereocenters.